The molecule has 0 aromatic rings. The summed E-state index contributed by atoms with van der Waals surface area (Å²) in [7, 11) is 1.90. The number of nitrogens with one attached hydrogen (secondary N) is 1. The van der Waals surface area contributed by atoms with Gasteiger partial charge in [0.2, 0.25) is 0 Å². The van der Waals surface area contributed by atoms with Crippen molar-refractivity contribution in [2.24, 2.45) is 10.9 Å². The van der Waals surface area contributed by atoms with Crippen LogP contribution < -0.4 is 5.32 Å². The second kappa shape index (κ2) is 6.78. The summed E-state index contributed by atoms with van der Waals surface area (Å²) in [6.45, 7) is 5.61. The third-order valence-electron chi connectivity index (χ3n) is 3.20. The minimum absolute atomic E-state index is 0.540. The number of aliphatic imine (C=N–C) groups is 1. The Bertz CT molecular complexity index is 225. The molecule has 1 saturated heterocycles. The normalized spacial score (nSPS) is 25.8. The quantitative estimate of drug-likeness (QED) is 0.706. The predicted molar refractivity (Wildman–Crippen MR) is 67.6 cm³/mol. The van der Waals surface area contributed by atoms with Crippen LogP contribution in [0.1, 0.15) is 39.5 Å². The molecule has 1 aliphatic heterocycles. The number of nitrogens with zero attached hydrogens (tertiary/aromatic N) is 1. The summed E-state index contributed by atoms with van der Waals surface area (Å²) in [4.78, 5) is 4.39. The van der Waals surface area contributed by atoms with Crippen molar-refractivity contribution in [2.75, 3.05) is 13.6 Å². The molecule has 0 saturated carbocycles. The van der Waals surface area contributed by atoms with E-state index in [2.05, 4.69) is 36.3 Å². The Morgan fingerprint density at radius 3 is 2.87 bits per heavy atom. The van der Waals surface area contributed by atoms with Crippen LogP contribution in [0.3, 0.4) is 0 Å². The molecule has 1 N–H and O–H groups in total. The van der Waals surface area contributed by atoms with Crippen molar-refractivity contribution in [3.8, 4) is 0 Å². The molecule has 1 rings (SSSR count). The van der Waals surface area contributed by atoms with Crippen molar-refractivity contribution in [1.29, 1.82) is 0 Å². The average Bonchev–Trinajstić information content (AvgIpc) is 2.31. The van der Waals surface area contributed by atoms with Crippen LogP contribution in [0.25, 0.3) is 0 Å². The predicted octanol–water partition coefficient (Wildman–Crippen LogP) is 2.80. The largest absolute Gasteiger partial charge is 0.313 e. The molecule has 0 aromatic carbocycles. The van der Waals surface area contributed by atoms with Crippen molar-refractivity contribution >= 4 is 5.71 Å². The van der Waals surface area contributed by atoms with E-state index < -0.39 is 0 Å². The van der Waals surface area contributed by atoms with Gasteiger partial charge in [-0.1, -0.05) is 26.3 Å². The maximum absolute atomic E-state index is 4.39. The highest BCUT2D eigenvalue weighted by Gasteiger charge is 2.21. The number of hydrogen-bond acceptors (Lipinski definition) is 2. The lowest BCUT2D eigenvalue weighted by Crippen LogP contribution is -2.41. The summed E-state index contributed by atoms with van der Waals surface area (Å²) in [6, 6.07) is 0.624. The lowest BCUT2D eigenvalue weighted by Gasteiger charge is -2.29. The van der Waals surface area contributed by atoms with Gasteiger partial charge in [0.25, 0.3) is 0 Å². The van der Waals surface area contributed by atoms with Crippen LogP contribution in [0, 0.1) is 5.92 Å². The fourth-order valence-electron chi connectivity index (χ4n) is 2.18. The first kappa shape index (κ1) is 12.4. The van der Waals surface area contributed by atoms with Gasteiger partial charge >= 0.3 is 0 Å². The zero-order valence-corrected chi connectivity index (χ0v) is 10.3. The fourth-order valence-corrected chi connectivity index (χ4v) is 2.18. The van der Waals surface area contributed by atoms with Gasteiger partial charge in [-0.3, -0.25) is 4.99 Å². The number of rotatable bonds is 4. The molecule has 86 valence electrons. The summed E-state index contributed by atoms with van der Waals surface area (Å²) in [5.41, 5.74) is 1.23. The lowest BCUT2D eigenvalue weighted by atomic mass is 9.89. The Morgan fingerprint density at radius 1 is 1.53 bits per heavy atom. The summed E-state index contributed by atoms with van der Waals surface area (Å²) >= 11 is 0. The first-order valence-corrected chi connectivity index (χ1v) is 6.16. The summed E-state index contributed by atoms with van der Waals surface area (Å²) in [5, 5.41) is 3.60. The van der Waals surface area contributed by atoms with Crippen LogP contribution in [0.5, 0.6) is 0 Å². The zero-order chi connectivity index (χ0) is 11.1. The van der Waals surface area contributed by atoms with E-state index in [1.54, 1.807) is 0 Å². The fraction of sp³-hybridized carbons (Fsp3) is 0.769. The van der Waals surface area contributed by atoms with Gasteiger partial charge in [0.05, 0.1) is 0 Å². The zero-order valence-electron chi connectivity index (χ0n) is 10.3. The SMILES string of the molecule is CC/C=C\C(=NC)C(C)C1CCCCN1. The van der Waals surface area contributed by atoms with Gasteiger partial charge in [-0.2, -0.15) is 0 Å². The lowest BCUT2D eigenvalue weighted by molar-refractivity contribution is 0.358. The number of allylic oxidation sites excluding steroid dienone is 2. The van der Waals surface area contributed by atoms with E-state index in [9.17, 15) is 0 Å². The van der Waals surface area contributed by atoms with Gasteiger partial charge in [-0.15, -0.1) is 0 Å². The molecule has 0 bridgehead atoms. The molecule has 2 atom stereocenters. The molecule has 0 spiro atoms. The average molecular weight is 208 g/mol. The minimum atomic E-state index is 0.540. The Balaban J connectivity index is 2.55. The first-order valence-electron chi connectivity index (χ1n) is 6.16. The Morgan fingerprint density at radius 2 is 2.33 bits per heavy atom. The maximum atomic E-state index is 4.39. The second-order valence-corrected chi connectivity index (χ2v) is 4.30. The van der Waals surface area contributed by atoms with Crippen LogP contribution in [0.2, 0.25) is 0 Å². The van der Waals surface area contributed by atoms with Crippen molar-refractivity contribution in [3.05, 3.63) is 12.2 Å². The van der Waals surface area contributed by atoms with Gasteiger partial charge in [-0.05, 0) is 31.9 Å². The van der Waals surface area contributed by atoms with Crippen LogP contribution >= 0.6 is 0 Å². The maximum Gasteiger partial charge on any atom is 0.0385 e. The summed E-state index contributed by atoms with van der Waals surface area (Å²) < 4.78 is 0. The molecular formula is C13H24N2. The smallest absolute Gasteiger partial charge is 0.0385 e. The Hall–Kier alpha value is -0.630. The highest BCUT2D eigenvalue weighted by atomic mass is 14.9. The van der Waals surface area contributed by atoms with Gasteiger partial charge in [0, 0.05) is 24.7 Å². The molecule has 1 fully saturated rings. The third-order valence-corrected chi connectivity index (χ3v) is 3.20. The standard InChI is InChI=1S/C13H24N2/c1-4-5-8-12(14-3)11(2)13-9-6-7-10-15-13/h5,8,11,13,15H,4,6-7,9-10H2,1-3H3/b8-5-,14-12?. The van der Waals surface area contributed by atoms with Crippen molar-refractivity contribution in [2.45, 2.75) is 45.6 Å². The Kier molecular flexibility index (Phi) is 5.62. The number of piperidine rings is 1. The van der Waals surface area contributed by atoms with E-state index in [-0.39, 0.29) is 0 Å². The molecule has 0 radical (unpaired) electrons. The van der Waals surface area contributed by atoms with E-state index in [0.29, 0.717) is 12.0 Å². The first-order chi connectivity index (χ1) is 7.29. The van der Waals surface area contributed by atoms with E-state index in [1.807, 2.05) is 7.05 Å². The van der Waals surface area contributed by atoms with Gasteiger partial charge in [0.1, 0.15) is 0 Å². The molecule has 0 amide bonds. The molecule has 1 aliphatic rings. The van der Waals surface area contributed by atoms with Crippen LogP contribution in [-0.2, 0) is 0 Å². The van der Waals surface area contributed by atoms with Gasteiger partial charge in [-0.25, -0.2) is 0 Å². The summed E-state index contributed by atoms with van der Waals surface area (Å²) in [5.74, 6) is 0.540. The van der Waals surface area contributed by atoms with Gasteiger partial charge in [0.15, 0.2) is 0 Å². The molecule has 2 heteroatoms. The van der Waals surface area contributed by atoms with Crippen LogP contribution in [-0.4, -0.2) is 25.3 Å². The van der Waals surface area contributed by atoms with Crippen molar-refractivity contribution in [1.82, 2.24) is 5.32 Å². The molecule has 15 heavy (non-hydrogen) atoms. The molecular weight excluding hydrogens is 184 g/mol. The van der Waals surface area contributed by atoms with E-state index in [4.69, 9.17) is 0 Å². The molecule has 2 nitrogen and oxygen atoms in total. The summed E-state index contributed by atoms with van der Waals surface area (Å²) in [6.07, 6.45) is 9.44. The molecule has 2 unspecified atom stereocenters. The van der Waals surface area contributed by atoms with Crippen LogP contribution in [0.4, 0.5) is 0 Å². The van der Waals surface area contributed by atoms with Gasteiger partial charge < -0.3 is 5.32 Å². The second-order valence-electron chi connectivity index (χ2n) is 4.30. The molecule has 1 heterocycles. The number of hydrogen-bond donors (Lipinski definition) is 1. The topological polar surface area (TPSA) is 24.4 Å². The molecule has 0 aromatic heterocycles. The molecule has 0 aliphatic carbocycles. The highest BCUT2D eigenvalue weighted by molar-refractivity contribution is 5.97. The van der Waals surface area contributed by atoms with E-state index in [1.165, 1.54) is 31.5 Å². The third kappa shape index (κ3) is 3.78. The van der Waals surface area contributed by atoms with E-state index in [0.717, 1.165) is 6.42 Å². The van der Waals surface area contributed by atoms with E-state index >= 15 is 0 Å². The van der Waals surface area contributed by atoms with Crippen molar-refractivity contribution in [3.63, 3.8) is 0 Å². The van der Waals surface area contributed by atoms with Crippen molar-refractivity contribution < 1.29 is 0 Å². The highest BCUT2D eigenvalue weighted by Crippen LogP contribution is 2.17. The Labute approximate surface area is 93.9 Å². The minimum Gasteiger partial charge on any atom is -0.313 e. The monoisotopic (exact) mass is 208 g/mol. The van der Waals surface area contributed by atoms with Crippen LogP contribution in [0.15, 0.2) is 17.1 Å².